The lowest BCUT2D eigenvalue weighted by atomic mass is 10.2. The quantitative estimate of drug-likeness (QED) is 0.794. The number of hydrogen-bond donors (Lipinski definition) is 2. The molecule has 0 saturated carbocycles. The molecule has 1 rings (SSSR count). The van der Waals surface area contributed by atoms with Crippen LogP contribution in [0.15, 0.2) is 18.2 Å². The van der Waals surface area contributed by atoms with Crippen molar-refractivity contribution < 1.29 is 9.18 Å². The van der Waals surface area contributed by atoms with Gasteiger partial charge < -0.3 is 10.6 Å². The summed E-state index contributed by atoms with van der Waals surface area (Å²) in [6, 6.07) is 4.60. The fourth-order valence-electron chi connectivity index (χ4n) is 1.28. The van der Waals surface area contributed by atoms with Crippen LogP contribution in [0.1, 0.15) is 12.5 Å². The number of carbonyl (C=O) groups is 1. The van der Waals surface area contributed by atoms with E-state index in [0.29, 0.717) is 12.2 Å². The Bertz CT molecular complexity index is 332. The molecule has 0 bridgehead atoms. The van der Waals surface area contributed by atoms with Gasteiger partial charge in [-0.1, -0.05) is 0 Å². The highest BCUT2D eigenvalue weighted by Crippen LogP contribution is 2.12. The third-order valence-electron chi connectivity index (χ3n) is 1.87. The average Bonchev–Trinajstić information content (AvgIpc) is 2.14. The van der Waals surface area contributed by atoms with Gasteiger partial charge in [-0.2, -0.15) is 0 Å². The summed E-state index contributed by atoms with van der Waals surface area (Å²) in [5, 5.41) is 5.51. The molecule has 0 aliphatic carbocycles. The first kappa shape index (κ1) is 11.5. The highest BCUT2D eigenvalue weighted by atomic mass is 19.1. The van der Waals surface area contributed by atoms with Gasteiger partial charge in [-0.15, -0.1) is 0 Å². The summed E-state index contributed by atoms with van der Waals surface area (Å²) in [4.78, 5) is 11.1. The van der Waals surface area contributed by atoms with Crippen molar-refractivity contribution in [1.29, 1.82) is 0 Å². The van der Waals surface area contributed by atoms with Crippen molar-refractivity contribution in [3.63, 3.8) is 0 Å². The van der Waals surface area contributed by atoms with Gasteiger partial charge in [-0.05, 0) is 37.6 Å². The van der Waals surface area contributed by atoms with Crippen molar-refractivity contribution in [2.45, 2.75) is 13.8 Å². The highest BCUT2D eigenvalue weighted by Gasteiger charge is 2.01. The monoisotopic (exact) mass is 210 g/mol. The number of benzene rings is 1. The standard InChI is InChI=1S/C11H15FN2O/c1-3-13-11(15)7-14-10-5-8(2)4-9(12)6-10/h4-6,14H,3,7H2,1-2H3,(H,13,15). The fraction of sp³-hybridized carbons (Fsp3) is 0.364. The Morgan fingerprint density at radius 2 is 2.13 bits per heavy atom. The third-order valence-corrected chi connectivity index (χ3v) is 1.87. The predicted octanol–water partition coefficient (Wildman–Crippen LogP) is 1.68. The summed E-state index contributed by atoms with van der Waals surface area (Å²) in [5.74, 6) is -0.396. The Hall–Kier alpha value is -1.58. The van der Waals surface area contributed by atoms with Crippen LogP contribution in [0.4, 0.5) is 10.1 Å². The number of amides is 1. The Morgan fingerprint density at radius 3 is 2.73 bits per heavy atom. The molecule has 0 fully saturated rings. The minimum Gasteiger partial charge on any atom is -0.376 e. The van der Waals surface area contributed by atoms with Crippen molar-refractivity contribution in [2.24, 2.45) is 0 Å². The lowest BCUT2D eigenvalue weighted by molar-refractivity contribution is -0.119. The molecule has 1 amide bonds. The van der Waals surface area contributed by atoms with E-state index >= 15 is 0 Å². The second-order valence-electron chi connectivity index (χ2n) is 3.32. The Labute approximate surface area is 88.7 Å². The second kappa shape index (κ2) is 5.34. The summed E-state index contributed by atoms with van der Waals surface area (Å²) in [6.45, 7) is 4.42. The molecule has 0 saturated heterocycles. The van der Waals surface area contributed by atoms with Gasteiger partial charge in [0.05, 0.1) is 6.54 Å². The van der Waals surface area contributed by atoms with Crippen LogP contribution in [0.25, 0.3) is 0 Å². The molecule has 0 unspecified atom stereocenters. The first-order chi connectivity index (χ1) is 7.11. The maximum atomic E-state index is 13.0. The van der Waals surface area contributed by atoms with Gasteiger partial charge >= 0.3 is 0 Å². The largest absolute Gasteiger partial charge is 0.376 e. The molecule has 15 heavy (non-hydrogen) atoms. The van der Waals surface area contributed by atoms with Crippen LogP contribution in [-0.2, 0) is 4.79 Å². The Morgan fingerprint density at radius 1 is 1.40 bits per heavy atom. The Balaban J connectivity index is 2.54. The van der Waals surface area contributed by atoms with Gasteiger partial charge in [-0.3, -0.25) is 4.79 Å². The molecule has 0 aliphatic heterocycles. The molecule has 0 aromatic heterocycles. The van der Waals surface area contributed by atoms with Crippen LogP contribution >= 0.6 is 0 Å². The van der Waals surface area contributed by atoms with Crippen LogP contribution in [-0.4, -0.2) is 19.0 Å². The molecule has 82 valence electrons. The van der Waals surface area contributed by atoms with E-state index in [9.17, 15) is 9.18 Å². The van der Waals surface area contributed by atoms with E-state index in [2.05, 4.69) is 10.6 Å². The first-order valence-electron chi connectivity index (χ1n) is 4.89. The summed E-state index contributed by atoms with van der Waals surface area (Å²) < 4.78 is 13.0. The zero-order chi connectivity index (χ0) is 11.3. The molecule has 0 aliphatic rings. The zero-order valence-corrected chi connectivity index (χ0v) is 8.93. The third kappa shape index (κ3) is 3.97. The van der Waals surface area contributed by atoms with E-state index in [-0.39, 0.29) is 18.3 Å². The van der Waals surface area contributed by atoms with Crippen molar-refractivity contribution >= 4 is 11.6 Å². The average molecular weight is 210 g/mol. The molecule has 1 aromatic rings. The SMILES string of the molecule is CCNC(=O)CNc1cc(C)cc(F)c1. The number of aryl methyl sites for hydroxylation is 1. The lowest BCUT2D eigenvalue weighted by Gasteiger charge is -2.07. The minimum atomic E-state index is -0.298. The van der Waals surface area contributed by atoms with Gasteiger partial charge in [0, 0.05) is 12.2 Å². The van der Waals surface area contributed by atoms with E-state index in [0.717, 1.165) is 5.56 Å². The van der Waals surface area contributed by atoms with Crippen LogP contribution < -0.4 is 10.6 Å². The molecule has 0 spiro atoms. The molecule has 0 atom stereocenters. The Kier molecular flexibility index (Phi) is 4.09. The van der Waals surface area contributed by atoms with Gasteiger partial charge in [0.1, 0.15) is 5.82 Å². The fourth-order valence-corrected chi connectivity index (χ4v) is 1.28. The van der Waals surface area contributed by atoms with Gasteiger partial charge in [0.25, 0.3) is 0 Å². The molecule has 1 aromatic carbocycles. The first-order valence-corrected chi connectivity index (χ1v) is 4.89. The maximum absolute atomic E-state index is 13.0. The van der Waals surface area contributed by atoms with E-state index < -0.39 is 0 Å². The molecular weight excluding hydrogens is 195 g/mol. The predicted molar refractivity (Wildman–Crippen MR) is 58.3 cm³/mol. The summed E-state index contributed by atoms with van der Waals surface area (Å²) in [6.07, 6.45) is 0. The van der Waals surface area contributed by atoms with Crippen LogP contribution in [0.3, 0.4) is 0 Å². The lowest BCUT2D eigenvalue weighted by Crippen LogP contribution is -2.29. The minimum absolute atomic E-state index is 0.0978. The van der Waals surface area contributed by atoms with Crippen LogP contribution in [0.5, 0.6) is 0 Å². The smallest absolute Gasteiger partial charge is 0.239 e. The molecule has 2 N–H and O–H groups in total. The van der Waals surface area contributed by atoms with E-state index in [1.807, 2.05) is 6.92 Å². The number of nitrogens with one attached hydrogen (secondary N) is 2. The maximum Gasteiger partial charge on any atom is 0.239 e. The molecule has 3 nitrogen and oxygen atoms in total. The molecule has 0 radical (unpaired) electrons. The van der Waals surface area contributed by atoms with E-state index in [4.69, 9.17) is 0 Å². The second-order valence-corrected chi connectivity index (χ2v) is 3.32. The van der Waals surface area contributed by atoms with Gasteiger partial charge in [0.15, 0.2) is 0 Å². The summed E-state index contributed by atoms with van der Waals surface area (Å²) in [5.41, 5.74) is 1.45. The number of carbonyl (C=O) groups excluding carboxylic acids is 1. The van der Waals surface area contributed by atoms with E-state index in [1.165, 1.54) is 12.1 Å². The number of halogens is 1. The van der Waals surface area contributed by atoms with Crippen LogP contribution in [0.2, 0.25) is 0 Å². The topological polar surface area (TPSA) is 41.1 Å². The van der Waals surface area contributed by atoms with Crippen molar-refractivity contribution in [3.05, 3.63) is 29.6 Å². The molecular formula is C11H15FN2O. The van der Waals surface area contributed by atoms with Crippen molar-refractivity contribution in [1.82, 2.24) is 5.32 Å². The van der Waals surface area contributed by atoms with E-state index in [1.54, 1.807) is 13.0 Å². The highest BCUT2D eigenvalue weighted by molar-refractivity contribution is 5.80. The number of rotatable bonds is 4. The van der Waals surface area contributed by atoms with Crippen molar-refractivity contribution in [2.75, 3.05) is 18.4 Å². The molecule has 4 heteroatoms. The normalized spacial score (nSPS) is 9.80. The zero-order valence-electron chi connectivity index (χ0n) is 8.93. The number of likely N-dealkylation sites (N-methyl/N-ethyl adjacent to an activating group) is 1. The number of hydrogen-bond acceptors (Lipinski definition) is 2. The number of anilines is 1. The van der Waals surface area contributed by atoms with Crippen molar-refractivity contribution in [3.8, 4) is 0 Å². The molecule has 0 heterocycles. The summed E-state index contributed by atoms with van der Waals surface area (Å²) in [7, 11) is 0. The summed E-state index contributed by atoms with van der Waals surface area (Å²) >= 11 is 0. The van der Waals surface area contributed by atoms with Gasteiger partial charge in [0.2, 0.25) is 5.91 Å². The van der Waals surface area contributed by atoms with Crippen LogP contribution in [0, 0.1) is 12.7 Å². The van der Waals surface area contributed by atoms with Gasteiger partial charge in [-0.25, -0.2) is 4.39 Å².